The van der Waals surface area contributed by atoms with Crippen molar-refractivity contribution < 1.29 is 4.79 Å². The van der Waals surface area contributed by atoms with Crippen LogP contribution in [0.4, 0.5) is 0 Å². The molecule has 2 aliphatic rings. The first-order valence-corrected chi connectivity index (χ1v) is 4.87. The molecule has 68 valence electrons. The van der Waals surface area contributed by atoms with E-state index in [2.05, 4.69) is 11.9 Å². The zero-order valence-corrected chi connectivity index (χ0v) is 7.92. The monoisotopic (exact) mass is 167 g/mol. The second kappa shape index (κ2) is 2.84. The predicted octanol–water partition coefficient (Wildman–Crippen LogP) is 1.16. The van der Waals surface area contributed by atoms with E-state index in [0.717, 1.165) is 11.8 Å². The highest BCUT2D eigenvalue weighted by Crippen LogP contribution is 2.47. The van der Waals surface area contributed by atoms with Gasteiger partial charge < -0.3 is 4.90 Å². The van der Waals surface area contributed by atoms with Crippen LogP contribution in [0.3, 0.4) is 0 Å². The molecule has 0 N–H and O–H groups in total. The van der Waals surface area contributed by atoms with E-state index in [1.807, 2.05) is 0 Å². The molecule has 0 aromatic heterocycles. The zero-order chi connectivity index (χ0) is 8.72. The van der Waals surface area contributed by atoms with E-state index in [1.165, 1.54) is 25.9 Å². The van der Waals surface area contributed by atoms with Gasteiger partial charge in [0, 0.05) is 12.5 Å². The van der Waals surface area contributed by atoms with Gasteiger partial charge in [0.15, 0.2) is 0 Å². The SMILES string of the molecule is CC(=O)C1CC1C1CCN(C)C1. The Morgan fingerprint density at radius 1 is 1.50 bits per heavy atom. The fourth-order valence-electron chi connectivity index (χ4n) is 2.52. The molecular formula is C10H17NO. The Morgan fingerprint density at radius 2 is 2.25 bits per heavy atom. The van der Waals surface area contributed by atoms with Gasteiger partial charge in [0.2, 0.25) is 0 Å². The van der Waals surface area contributed by atoms with E-state index in [4.69, 9.17) is 0 Å². The fraction of sp³-hybridized carbons (Fsp3) is 0.900. The molecule has 12 heavy (non-hydrogen) atoms. The number of rotatable bonds is 2. The minimum atomic E-state index is 0.412. The Bertz CT molecular complexity index is 202. The summed E-state index contributed by atoms with van der Waals surface area (Å²) in [5.74, 6) is 2.41. The molecule has 0 bridgehead atoms. The van der Waals surface area contributed by atoms with Gasteiger partial charge in [-0.1, -0.05) is 0 Å². The topological polar surface area (TPSA) is 20.3 Å². The van der Waals surface area contributed by atoms with E-state index in [1.54, 1.807) is 6.92 Å². The lowest BCUT2D eigenvalue weighted by Gasteiger charge is -2.08. The molecule has 2 nitrogen and oxygen atoms in total. The quantitative estimate of drug-likeness (QED) is 0.615. The number of carbonyl (C=O) groups is 1. The van der Waals surface area contributed by atoms with Crippen LogP contribution in [0.25, 0.3) is 0 Å². The maximum atomic E-state index is 11.0. The van der Waals surface area contributed by atoms with Gasteiger partial charge in [-0.2, -0.15) is 0 Å². The molecule has 0 spiro atoms. The molecule has 2 rings (SSSR count). The standard InChI is InChI=1S/C10H17NO/c1-7(12)9-5-10(9)8-3-4-11(2)6-8/h8-10H,3-6H2,1-2H3. The smallest absolute Gasteiger partial charge is 0.133 e. The number of likely N-dealkylation sites (tertiary alicyclic amines) is 1. The van der Waals surface area contributed by atoms with Crippen molar-refractivity contribution in [2.45, 2.75) is 19.8 Å². The molecule has 1 heterocycles. The van der Waals surface area contributed by atoms with Crippen LogP contribution in [0.1, 0.15) is 19.8 Å². The predicted molar refractivity (Wildman–Crippen MR) is 47.9 cm³/mol. The minimum Gasteiger partial charge on any atom is -0.306 e. The molecule has 0 radical (unpaired) electrons. The van der Waals surface area contributed by atoms with Crippen LogP contribution in [-0.2, 0) is 4.79 Å². The van der Waals surface area contributed by atoms with Crippen LogP contribution in [0.15, 0.2) is 0 Å². The summed E-state index contributed by atoms with van der Waals surface area (Å²) in [6, 6.07) is 0. The van der Waals surface area contributed by atoms with Crippen molar-refractivity contribution in [2.24, 2.45) is 17.8 Å². The number of Topliss-reactive ketones (excluding diaryl/α,β-unsaturated/α-hetero) is 1. The number of carbonyl (C=O) groups excluding carboxylic acids is 1. The highest BCUT2D eigenvalue weighted by atomic mass is 16.1. The number of ketones is 1. The third kappa shape index (κ3) is 1.40. The van der Waals surface area contributed by atoms with Gasteiger partial charge in [0.05, 0.1) is 0 Å². The molecule has 2 heteroatoms. The molecule has 0 aromatic carbocycles. The van der Waals surface area contributed by atoms with Crippen molar-refractivity contribution in [3.05, 3.63) is 0 Å². The Kier molecular flexibility index (Phi) is 1.95. The maximum absolute atomic E-state index is 11.0. The van der Waals surface area contributed by atoms with Crippen LogP contribution in [0.2, 0.25) is 0 Å². The van der Waals surface area contributed by atoms with Gasteiger partial charge in [0.25, 0.3) is 0 Å². The highest BCUT2D eigenvalue weighted by molar-refractivity contribution is 5.81. The summed E-state index contributed by atoms with van der Waals surface area (Å²) in [7, 11) is 2.17. The lowest BCUT2D eigenvalue weighted by Crippen LogP contribution is -2.15. The third-order valence-corrected chi connectivity index (χ3v) is 3.40. The van der Waals surface area contributed by atoms with Crippen molar-refractivity contribution >= 4 is 5.78 Å². The van der Waals surface area contributed by atoms with E-state index < -0.39 is 0 Å². The average molecular weight is 167 g/mol. The summed E-state index contributed by atoms with van der Waals surface area (Å²) in [5, 5.41) is 0. The van der Waals surface area contributed by atoms with Crippen molar-refractivity contribution in [1.29, 1.82) is 0 Å². The third-order valence-electron chi connectivity index (χ3n) is 3.40. The van der Waals surface area contributed by atoms with E-state index in [-0.39, 0.29) is 0 Å². The summed E-state index contributed by atoms with van der Waals surface area (Å²) in [4.78, 5) is 13.4. The average Bonchev–Trinajstić information content (AvgIpc) is 2.70. The Morgan fingerprint density at radius 3 is 2.67 bits per heavy atom. The van der Waals surface area contributed by atoms with Gasteiger partial charge in [-0.05, 0) is 45.2 Å². The molecule has 0 aromatic rings. The van der Waals surface area contributed by atoms with Crippen LogP contribution in [-0.4, -0.2) is 30.8 Å². The first-order chi connectivity index (χ1) is 5.68. The molecule has 1 aliphatic heterocycles. The molecule has 1 saturated carbocycles. The lowest BCUT2D eigenvalue weighted by molar-refractivity contribution is -0.118. The second-order valence-electron chi connectivity index (χ2n) is 4.43. The highest BCUT2D eigenvalue weighted by Gasteiger charge is 2.46. The Labute approximate surface area is 73.9 Å². The van der Waals surface area contributed by atoms with Crippen LogP contribution in [0.5, 0.6) is 0 Å². The van der Waals surface area contributed by atoms with E-state index >= 15 is 0 Å². The van der Waals surface area contributed by atoms with Crippen molar-refractivity contribution in [2.75, 3.05) is 20.1 Å². The van der Waals surface area contributed by atoms with Gasteiger partial charge in [-0.25, -0.2) is 0 Å². The summed E-state index contributed by atoms with van der Waals surface area (Å²) >= 11 is 0. The van der Waals surface area contributed by atoms with E-state index in [0.29, 0.717) is 11.7 Å². The minimum absolute atomic E-state index is 0.412. The Hall–Kier alpha value is -0.370. The maximum Gasteiger partial charge on any atom is 0.133 e. The van der Waals surface area contributed by atoms with E-state index in [9.17, 15) is 4.79 Å². The molecule has 3 unspecified atom stereocenters. The van der Waals surface area contributed by atoms with Crippen molar-refractivity contribution in [3.63, 3.8) is 0 Å². The Balaban J connectivity index is 1.85. The lowest BCUT2D eigenvalue weighted by atomic mass is 10.0. The van der Waals surface area contributed by atoms with Gasteiger partial charge in [-0.3, -0.25) is 4.79 Å². The zero-order valence-electron chi connectivity index (χ0n) is 7.92. The molecule has 0 amide bonds. The van der Waals surface area contributed by atoms with Crippen LogP contribution in [0, 0.1) is 17.8 Å². The summed E-state index contributed by atoms with van der Waals surface area (Å²) in [6.45, 7) is 4.18. The second-order valence-corrected chi connectivity index (χ2v) is 4.43. The first-order valence-electron chi connectivity index (χ1n) is 4.87. The van der Waals surface area contributed by atoms with Crippen molar-refractivity contribution in [1.82, 2.24) is 4.90 Å². The number of hydrogen-bond donors (Lipinski definition) is 0. The molecule has 3 atom stereocenters. The van der Waals surface area contributed by atoms with Crippen LogP contribution < -0.4 is 0 Å². The van der Waals surface area contributed by atoms with Gasteiger partial charge in [-0.15, -0.1) is 0 Å². The van der Waals surface area contributed by atoms with Crippen molar-refractivity contribution in [3.8, 4) is 0 Å². The van der Waals surface area contributed by atoms with Gasteiger partial charge >= 0.3 is 0 Å². The summed E-state index contributed by atoms with van der Waals surface area (Å²) in [6.07, 6.45) is 2.48. The first kappa shape index (κ1) is 8.24. The number of hydrogen-bond acceptors (Lipinski definition) is 2. The normalized spacial score (nSPS) is 41.7. The fourth-order valence-corrected chi connectivity index (χ4v) is 2.52. The number of nitrogens with zero attached hydrogens (tertiary/aromatic N) is 1. The van der Waals surface area contributed by atoms with Crippen LogP contribution >= 0.6 is 0 Å². The largest absolute Gasteiger partial charge is 0.306 e. The molecular weight excluding hydrogens is 150 g/mol. The molecule has 1 saturated heterocycles. The van der Waals surface area contributed by atoms with Gasteiger partial charge in [0.1, 0.15) is 5.78 Å². The molecule has 1 aliphatic carbocycles. The summed E-state index contributed by atoms with van der Waals surface area (Å²) < 4.78 is 0. The molecule has 2 fully saturated rings. The summed E-state index contributed by atoms with van der Waals surface area (Å²) in [5.41, 5.74) is 0.